The van der Waals surface area contributed by atoms with Crippen molar-refractivity contribution < 1.29 is 14.7 Å². The first-order chi connectivity index (χ1) is 8.02. The number of amides is 1. The van der Waals surface area contributed by atoms with E-state index in [1.54, 1.807) is 14.0 Å². The minimum absolute atomic E-state index is 0.0234. The van der Waals surface area contributed by atoms with Crippen LogP contribution in [0.5, 0.6) is 0 Å². The zero-order valence-electron chi connectivity index (χ0n) is 10.4. The predicted octanol–water partition coefficient (Wildman–Crippen LogP) is -0.740. The van der Waals surface area contributed by atoms with E-state index in [-0.39, 0.29) is 11.9 Å². The molecule has 3 N–H and O–H groups in total. The molecular formula is C11H21N3O3. The molecule has 1 fully saturated rings. The Morgan fingerprint density at radius 3 is 2.47 bits per heavy atom. The SMILES string of the molecule is CNC(=O)CN1CCC(NC(C)C(=O)O)CC1. The summed E-state index contributed by atoms with van der Waals surface area (Å²) in [5.41, 5.74) is 0. The number of rotatable bonds is 5. The van der Waals surface area contributed by atoms with Crippen molar-refractivity contribution in [1.82, 2.24) is 15.5 Å². The number of aliphatic carboxylic acids is 1. The van der Waals surface area contributed by atoms with E-state index in [9.17, 15) is 9.59 Å². The van der Waals surface area contributed by atoms with Crippen LogP contribution in [0.25, 0.3) is 0 Å². The Balaban J connectivity index is 2.26. The zero-order chi connectivity index (χ0) is 12.8. The monoisotopic (exact) mass is 243 g/mol. The molecule has 98 valence electrons. The standard InChI is InChI=1S/C11H21N3O3/c1-8(11(16)17)13-9-3-5-14(6-4-9)7-10(15)12-2/h8-9,13H,3-7H2,1-2H3,(H,12,15)(H,16,17). The molecule has 1 aliphatic rings. The molecule has 6 heteroatoms. The lowest BCUT2D eigenvalue weighted by atomic mass is 10.0. The normalized spacial score (nSPS) is 19.9. The highest BCUT2D eigenvalue weighted by Crippen LogP contribution is 2.10. The summed E-state index contributed by atoms with van der Waals surface area (Å²) < 4.78 is 0. The zero-order valence-corrected chi connectivity index (χ0v) is 10.4. The number of carboxylic acid groups (broad SMARTS) is 1. The number of piperidine rings is 1. The molecule has 0 aliphatic carbocycles. The maximum atomic E-state index is 11.2. The molecule has 1 aliphatic heterocycles. The van der Waals surface area contributed by atoms with Crippen LogP contribution in [0, 0.1) is 0 Å². The first kappa shape index (κ1) is 13.9. The van der Waals surface area contributed by atoms with Crippen molar-refractivity contribution in [3.8, 4) is 0 Å². The third-order valence-electron chi connectivity index (χ3n) is 3.09. The summed E-state index contributed by atoms with van der Waals surface area (Å²) in [6, 6.07) is -0.271. The second kappa shape index (κ2) is 6.56. The minimum atomic E-state index is -0.821. The number of nitrogens with one attached hydrogen (secondary N) is 2. The first-order valence-corrected chi connectivity index (χ1v) is 5.94. The summed E-state index contributed by atoms with van der Waals surface area (Å²) in [5.74, 6) is -0.798. The summed E-state index contributed by atoms with van der Waals surface area (Å²) >= 11 is 0. The number of likely N-dealkylation sites (N-methyl/N-ethyl adjacent to an activating group) is 1. The number of likely N-dealkylation sites (tertiary alicyclic amines) is 1. The van der Waals surface area contributed by atoms with Crippen LogP contribution >= 0.6 is 0 Å². The Morgan fingerprint density at radius 2 is 2.00 bits per heavy atom. The molecule has 1 unspecified atom stereocenters. The molecule has 0 aromatic carbocycles. The van der Waals surface area contributed by atoms with E-state index >= 15 is 0 Å². The van der Waals surface area contributed by atoms with Gasteiger partial charge in [-0.25, -0.2) is 0 Å². The molecule has 1 heterocycles. The summed E-state index contributed by atoms with van der Waals surface area (Å²) in [7, 11) is 1.63. The molecule has 1 amide bonds. The lowest BCUT2D eigenvalue weighted by Crippen LogP contribution is -2.49. The summed E-state index contributed by atoms with van der Waals surface area (Å²) in [6.45, 7) is 3.74. The van der Waals surface area contributed by atoms with Crippen LogP contribution in [0.4, 0.5) is 0 Å². The second-order valence-electron chi connectivity index (χ2n) is 4.45. The van der Waals surface area contributed by atoms with Gasteiger partial charge in [-0.15, -0.1) is 0 Å². The van der Waals surface area contributed by atoms with Gasteiger partial charge in [-0.05, 0) is 19.8 Å². The molecule has 6 nitrogen and oxygen atoms in total. The fourth-order valence-electron chi connectivity index (χ4n) is 1.96. The predicted molar refractivity (Wildman–Crippen MR) is 63.8 cm³/mol. The van der Waals surface area contributed by atoms with Gasteiger partial charge in [0, 0.05) is 26.2 Å². The molecule has 0 bridgehead atoms. The van der Waals surface area contributed by atoms with E-state index in [2.05, 4.69) is 15.5 Å². The largest absolute Gasteiger partial charge is 0.480 e. The topological polar surface area (TPSA) is 81.7 Å². The van der Waals surface area contributed by atoms with Crippen molar-refractivity contribution in [3.63, 3.8) is 0 Å². The lowest BCUT2D eigenvalue weighted by Gasteiger charge is -2.32. The van der Waals surface area contributed by atoms with Crippen molar-refractivity contribution in [2.24, 2.45) is 0 Å². The van der Waals surface area contributed by atoms with Crippen molar-refractivity contribution in [3.05, 3.63) is 0 Å². The van der Waals surface area contributed by atoms with Crippen LogP contribution < -0.4 is 10.6 Å². The fourth-order valence-corrected chi connectivity index (χ4v) is 1.96. The minimum Gasteiger partial charge on any atom is -0.480 e. The summed E-state index contributed by atoms with van der Waals surface area (Å²) in [4.78, 5) is 24.0. The van der Waals surface area contributed by atoms with Gasteiger partial charge in [-0.3, -0.25) is 14.5 Å². The van der Waals surface area contributed by atoms with E-state index in [0.29, 0.717) is 6.54 Å². The van der Waals surface area contributed by atoms with Gasteiger partial charge in [-0.2, -0.15) is 0 Å². The number of hydrogen-bond acceptors (Lipinski definition) is 4. The highest BCUT2D eigenvalue weighted by molar-refractivity contribution is 5.77. The number of carbonyl (C=O) groups excluding carboxylic acids is 1. The van der Waals surface area contributed by atoms with Crippen LogP contribution in [0.15, 0.2) is 0 Å². The maximum Gasteiger partial charge on any atom is 0.320 e. The molecule has 17 heavy (non-hydrogen) atoms. The average molecular weight is 243 g/mol. The smallest absolute Gasteiger partial charge is 0.320 e. The Kier molecular flexibility index (Phi) is 5.37. The number of carbonyl (C=O) groups is 2. The van der Waals surface area contributed by atoms with Gasteiger partial charge in [0.25, 0.3) is 0 Å². The molecule has 0 radical (unpaired) electrons. The van der Waals surface area contributed by atoms with Crippen LogP contribution in [0.1, 0.15) is 19.8 Å². The van der Waals surface area contributed by atoms with Crippen molar-refractivity contribution in [1.29, 1.82) is 0 Å². The lowest BCUT2D eigenvalue weighted by molar-refractivity contribution is -0.139. The Morgan fingerprint density at radius 1 is 1.41 bits per heavy atom. The average Bonchev–Trinajstić information content (AvgIpc) is 2.31. The number of carboxylic acids is 1. The second-order valence-corrected chi connectivity index (χ2v) is 4.45. The highest BCUT2D eigenvalue weighted by atomic mass is 16.4. The van der Waals surface area contributed by atoms with Crippen LogP contribution in [-0.4, -0.2) is 60.6 Å². The Hall–Kier alpha value is -1.14. The van der Waals surface area contributed by atoms with E-state index in [1.165, 1.54) is 0 Å². The van der Waals surface area contributed by atoms with Gasteiger partial charge in [0.15, 0.2) is 0 Å². The summed E-state index contributed by atoms with van der Waals surface area (Å²) in [5, 5.41) is 14.5. The van der Waals surface area contributed by atoms with Crippen LogP contribution in [0.3, 0.4) is 0 Å². The van der Waals surface area contributed by atoms with Crippen molar-refractivity contribution in [2.45, 2.75) is 31.8 Å². The third kappa shape index (κ3) is 4.70. The van der Waals surface area contributed by atoms with E-state index in [0.717, 1.165) is 25.9 Å². The quantitative estimate of drug-likeness (QED) is 0.592. The molecule has 0 saturated carbocycles. The third-order valence-corrected chi connectivity index (χ3v) is 3.09. The molecule has 0 aromatic rings. The van der Waals surface area contributed by atoms with Gasteiger partial charge in [-0.1, -0.05) is 0 Å². The molecule has 1 rings (SSSR count). The van der Waals surface area contributed by atoms with Gasteiger partial charge < -0.3 is 15.7 Å². The summed E-state index contributed by atoms with van der Waals surface area (Å²) in [6.07, 6.45) is 1.77. The fraction of sp³-hybridized carbons (Fsp3) is 0.818. The van der Waals surface area contributed by atoms with E-state index in [4.69, 9.17) is 5.11 Å². The number of hydrogen-bond donors (Lipinski definition) is 3. The van der Waals surface area contributed by atoms with Crippen molar-refractivity contribution in [2.75, 3.05) is 26.7 Å². The molecular weight excluding hydrogens is 222 g/mol. The van der Waals surface area contributed by atoms with E-state index < -0.39 is 12.0 Å². The van der Waals surface area contributed by atoms with Gasteiger partial charge in [0.1, 0.15) is 6.04 Å². The first-order valence-electron chi connectivity index (χ1n) is 5.94. The molecule has 1 saturated heterocycles. The van der Waals surface area contributed by atoms with Gasteiger partial charge in [0.2, 0.25) is 5.91 Å². The van der Waals surface area contributed by atoms with Crippen molar-refractivity contribution >= 4 is 11.9 Å². The Bertz CT molecular complexity index is 275. The van der Waals surface area contributed by atoms with Crippen LogP contribution in [-0.2, 0) is 9.59 Å². The molecule has 1 atom stereocenters. The highest BCUT2D eigenvalue weighted by Gasteiger charge is 2.23. The Labute approximate surface area is 101 Å². The molecule has 0 spiro atoms. The molecule has 0 aromatic heterocycles. The van der Waals surface area contributed by atoms with Gasteiger partial charge >= 0.3 is 5.97 Å². The van der Waals surface area contributed by atoms with E-state index in [1.807, 2.05) is 0 Å². The van der Waals surface area contributed by atoms with Crippen LogP contribution in [0.2, 0.25) is 0 Å². The van der Waals surface area contributed by atoms with Gasteiger partial charge in [0.05, 0.1) is 6.54 Å². The maximum absolute atomic E-state index is 11.2. The number of nitrogens with zero attached hydrogens (tertiary/aromatic N) is 1.